The number of hydrogen-bond donors (Lipinski definition) is 0. The van der Waals surface area contributed by atoms with Crippen LogP contribution in [0.5, 0.6) is 0 Å². The third-order valence-corrected chi connectivity index (χ3v) is 1.77. The van der Waals surface area contributed by atoms with Gasteiger partial charge in [0, 0.05) is 0 Å². The highest BCUT2D eigenvalue weighted by atomic mass is 16.3. The topological polar surface area (TPSA) is 30.2 Å². The first-order valence-electron chi connectivity index (χ1n) is 5.25. The molecule has 17 heavy (non-hydrogen) atoms. The predicted molar refractivity (Wildman–Crippen MR) is 70.4 cm³/mol. The van der Waals surface area contributed by atoms with E-state index < -0.39 is 0 Å². The van der Waals surface area contributed by atoms with Crippen LogP contribution >= 0.6 is 0 Å². The van der Waals surface area contributed by atoms with Gasteiger partial charge in [-0.05, 0) is 24.3 Å². The Kier molecular flexibility index (Phi) is 6.67. The molecule has 0 N–H and O–H groups in total. The Bertz CT molecular complexity index is 443. The SMILES string of the molecule is O=C/C=C/C=C/C=C/C=C/C=C/c1ccco1. The lowest BCUT2D eigenvalue weighted by atomic mass is 10.3. The highest BCUT2D eigenvalue weighted by molar-refractivity contribution is 5.65. The normalized spacial score (nSPS) is 12.9. The summed E-state index contributed by atoms with van der Waals surface area (Å²) in [4.78, 5) is 9.94. The Morgan fingerprint density at radius 2 is 1.41 bits per heavy atom. The smallest absolute Gasteiger partial charge is 0.142 e. The lowest BCUT2D eigenvalue weighted by molar-refractivity contribution is -0.104. The summed E-state index contributed by atoms with van der Waals surface area (Å²) in [6.45, 7) is 0. The molecule has 0 bridgehead atoms. The third kappa shape index (κ3) is 6.68. The largest absolute Gasteiger partial charge is 0.465 e. The van der Waals surface area contributed by atoms with E-state index in [1.54, 1.807) is 18.4 Å². The van der Waals surface area contributed by atoms with Gasteiger partial charge in [-0.2, -0.15) is 0 Å². The van der Waals surface area contributed by atoms with Crippen LogP contribution in [0.2, 0.25) is 0 Å². The molecule has 0 radical (unpaired) electrons. The minimum absolute atomic E-state index is 0.743. The van der Waals surface area contributed by atoms with Crippen molar-refractivity contribution in [3.63, 3.8) is 0 Å². The Balaban J connectivity index is 2.26. The Labute approximate surface area is 101 Å². The molecule has 0 amide bonds. The first-order valence-corrected chi connectivity index (χ1v) is 5.25. The average molecular weight is 226 g/mol. The van der Waals surface area contributed by atoms with Crippen molar-refractivity contribution in [2.45, 2.75) is 0 Å². The van der Waals surface area contributed by atoms with Gasteiger partial charge in [-0.3, -0.25) is 4.79 Å². The van der Waals surface area contributed by atoms with Crippen molar-refractivity contribution in [1.29, 1.82) is 0 Å². The minimum Gasteiger partial charge on any atom is -0.465 e. The maximum atomic E-state index is 9.94. The molecule has 0 aliphatic heterocycles. The van der Waals surface area contributed by atoms with Gasteiger partial charge in [0.2, 0.25) is 0 Å². The molecule has 0 saturated carbocycles. The van der Waals surface area contributed by atoms with Crippen molar-refractivity contribution in [2.24, 2.45) is 0 Å². The monoisotopic (exact) mass is 226 g/mol. The van der Waals surface area contributed by atoms with Crippen molar-refractivity contribution in [2.75, 3.05) is 0 Å². The summed E-state index contributed by atoms with van der Waals surface area (Å²) in [5.74, 6) is 0.831. The van der Waals surface area contributed by atoms with Gasteiger partial charge in [0.1, 0.15) is 12.0 Å². The van der Waals surface area contributed by atoms with Gasteiger partial charge in [-0.1, -0.05) is 48.6 Å². The number of aldehydes is 1. The Morgan fingerprint density at radius 3 is 1.94 bits per heavy atom. The summed E-state index contributed by atoms with van der Waals surface area (Å²) < 4.78 is 5.13. The summed E-state index contributed by atoms with van der Waals surface area (Å²) in [5, 5.41) is 0. The zero-order valence-corrected chi connectivity index (χ0v) is 9.40. The summed E-state index contributed by atoms with van der Waals surface area (Å²) in [5.41, 5.74) is 0. The Hall–Kier alpha value is -2.35. The molecular weight excluding hydrogens is 212 g/mol. The predicted octanol–water partition coefficient (Wildman–Crippen LogP) is 3.72. The molecule has 0 aliphatic carbocycles. The van der Waals surface area contributed by atoms with Crippen LogP contribution in [0.15, 0.2) is 77.5 Å². The molecule has 1 aromatic heterocycles. The van der Waals surface area contributed by atoms with Gasteiger partial charge in [0.25, 0.3) is 0 Å². The van der Waals surface area contributed by atoms with E-state index in [4.69, 9.17) is 4.42 Å². The van der Waals surface area contributed by atoms with Crippen LogP contribution in [0.1, 0.15) is 5.76 Å². The first-order chi connectivity index (χ1) is 8.43. The molecule has 0 fully saturated rings. The number of carbonyl (C=O) groups excluding carboxylic acids is 1. The van der Waals surface area contributed by atoms with Crippen molar-refractivity contribution in [3.05, 3.63) is 78.8 Å². The van der Waals surface area contributed by atoms with E-state index in [2.05, 4.69) is 0 Å². The second kappa shape index (κ2) is 8.92. The molecule has 0 saturated heterocycles. The second-order valence-corrected chi connectivity index (χ2v) is 3.05. The lowest BCUT2D eigenvalue weighted by Crippen LogP contribution is -1.58. The zero-order chi connectivity index (χ0) is 12.2. The summed E-state index contributed by atoms with van der Waals surface area (Å²) in [6.07, 6.45) is 20.5. The fourth-order valence-electron chi connectivity index (χ4n) is 1.03. The van der Waals surface area contributed by atoms with E-state index in [0.29, 0.717) is 0 Å². The van der Waals surface area contributed by atoms with Crippen LogP contribution in [0.25, 0.3) is 6.08 Å². The molecule has 2 nitrogen and oxygen atoms in total. The van der Waals surface area contributed by atoms with E-state index in [-0.39, 0.29) is 0 Å². The number of carbonyl (C=O) groups is 1. The van der Waals surface area contributed by atoms with Gasteiger partial charge in [0.15, 0.2) is 0 Å². The van der Waals surface area contributed by atoms with E-state index in [1.807, 2.05) is 54.7 Å². The van der Waals surface area contributed by atoms with E-state index >= 15 is 0 Å². The quantitative estimate of drug-likeness (QED) is 0.420. The molecule has 1 aromatic rings. The summed E-state index contributed by atoms with van der Waals surface area (Å²) in [7, 11) is 0. The zero-order valence-electron chi connectivity index (χ0n) is 9.40. The van der Waals surface area contributed by atoms with Crippen LogP contribution in [0, 0.1) is 0 Å². The van der Waals surface area contributed by atoms with Crippen LogP contribution in [-0.2, 0) is 4.79 Å². The molecular formula is C15H14O2. The molecule has 0 atom stereocenters. The van der Waals surface area contributed by atoms with Crippen LogP contribution in [0.3, 0.4) is 0 Å². The van der Waals surface area contributed by atoms with Gasteiger partial charge in [0.05, 0.1) is 6.26 Å². The summed E-state index contributed by atoms with van der Waals surface area (Å²) in [6, 6.07) is 3.74. The van der Waals surface area contributed by atoms with Crippen molar-refractivity contribution >= 4 is 12.4 Å². The van der Waals surface area contributed by atoms with Crippen molar-refractivity contribution in [1.82, 2.24) is 0 Å². The maximum absolute atomic E-state index is 9.94. The highest BCUT2D eigenvalue weighted by Gasteiger charge is 1.83. The Morgan fingerprint density at radius 1 is 0.824 bits per heavy atom. The first kappa shape index (κ1) is 12.7. The van der Waals surface area contributed by atoms with E-state index in [9.17, 15) is 4.79 Å². The molecule has 1 rings (SSSR count). The number of allylic oxidation sites excluding steroid dienone is 9. The number of furan rings is 1. The molecule has 0 spiro atoms. The van der Waals surface area contributed by atoms with Crippen molar-refractivity contribution < 1.29 is 9.21 Å². The van der Waals surface area contributed by atoms with Gasteiger partial charge in [-0.15, -0.1) is 0 Å². The lowest BCUT2D eigenvalue weighted by Gasteiger charge is -1.79. The molecule has 2 heteroatoms. The fourth-order valence-corrected chi connectivity index (χ4v) is 1.03. The molecule has 1 heterocycles. The average Bonchev–Trinajstić information content (AvgIpc) is 2.85. The number of hydrogen-bond acceptors (Lipinski definition) is 2. The van der Waals surface area contributed by atoms with Crippen LogP contribution in [0.4, 0.5) is 0 Å². The third-order valence-electron chi connectivity index (χ3n) is 1.77. The maximum Gasteiger partial charge on any atom is 0.142 e. The fraction of sp³-hybridized carbons (Fsp3) is 0. The van der Waals surface area contributed by atoms with Crippen molar-refractivity contribution in [3.8, 4) is 0 Å². The summed E-state index contributed by atoms with van der Waals surface area (Å²) >= 11 is 0. The molecule has 0 aromatic carbocycles. The number of rotatable bonds is 6. The van der Waals surface area contributed by atoms with Gasteiger partial charge >= 0.3 is 0 Å². The molecule has 0 unspecified atom stereocenters. The second-order valence-electron chi connectivity index (χ2n) is 3.05. The molecule has 0 aliphatic rings. The molecule has 86 valence electrons. The standard InChI is InChI=1S/C15H14O2/c16-13-9-7-5-3-1-2-4-6-8-11-15-12-10-14-17-15/h1-14H/b2-1+,5-3+,6-4+,9-7+,11-8+. The van der Waals surface area contributed by atoms with E-state index in [1.165, 1.54) is 6.08 Å². The van der Waals surface area contributed by atoms with Gasteiger partial charge in [-0.25, -0.2) is 0 Å². The highest BCUT2D eigenvalue weighted by Crippen LogP contribution is 2.01. The van der Waals surface area contributed by atoms with Crippen LogP contribution in [-0.4, -0.2) is 6.29 Å². The minimum atomic E-state index is 0.743. The van der Waals surface area contributed by atoms with E-state index in [0.717, 1.165) is 12.0 Å². The van der Waals surface area contributed by atoms with Crippen LogP contribution < -0.4 is 0 Å². The van der Waals surface area contributed by atoms with Gasteiger partial charge < -0.3 is 4.42 Å².